The lowest BCUT2D eigenvalue weighted by Gasteiger charge is -2.03. The van der Waals surface area contributed by atoms with Crippen molar-refractivity contribution in [3.8, 4) is 0 Å². The van der Waals surface area contributed by atoms with E-state index in [2.05, 4.69) is 184 Å². The van der Waals surface area contributed by atoms with E-state index in [1.54, 1.807) is 6.20 Å². The zero-order chi connectivity index (χ0) is 63.3. The highest BCUT2D eigenvalue weighted by Gasteiger charge is 2.03. The number of aryl methyl sites for hydroxylation is 11. The molecule has 0 unspecified atom stereocenters. The van der Waals surface area contributed by atoms with Gasteiger partial charge in [0.2, 0.25) is 0 Å². The maximum atomic E-state index is 5.79. The Kier molecular flexibility index (Phi) is 35.7. The Morgan fingerprint density at radius 2 is 0.726 bits per heavy atom. The first kappa shape index (κ1) is 73.6. The highest BCUT2D eigenvalue weighted by Crippen LogP contribution is 2.25. The van der Waals surface area contributed by atoms with Crippen LogP contribution in [0.1, 0.15) is 144 Å². The van der Waals surface area contributed by atoms with Gasteiger partial charge in [0.15, 0.2) is 0 Å². The predicted octanol–water partition coefficient (Wildman–Crippen LogP) is 22.5. The van der Waals surface area contributed by atoms with Crippen LogP contribution in [-0.2, 0) is 0 Å². The van der Waals surface area contributed by atoms with Crippen LogP contribution in [0.2, 0.25) is 0 Å². The summed E-state index contributed by atoms with van der Waals surface area (Å²) < 4.78 is 0. The number of rotatable bonds is 0. The SMILES string of the molecule is CC.CC.CC.CC.CC.CC.Cc1ccc2ccncc2c1C.Cc1ccc2cnccc2c1C.Cc1ccc2ncccc2c1C.Cc1cccc2cncc(N)c12.Cc1cnc2ccccc2c1C.Cc1ncc2ccccc2c1C. The van der Waals surface area contributed by atoms with E-state index in [1.807, 2.05) is 182 Å². The van der Waals surface area contributed by atoms with Gasteiger partial charge in [-0.2, -0.15) is 0 Å². The Bertz CT molecular complexity index is 3290. The topological polar surface area (TPSA) is 103 Å². The molecule has 0 atom stereocenters. The van der Waals surface area contributed by atoms with E-state index < -0.39 is 0 Å². The Hall–Kier alpha value is -8.42. The molecule has 0 radical (unpaired) electrons. The number of nitrogens with two attached hydrogens (primary N) is 1. The van der Waals surface area contributed by atoms with Gasteiger partial charge in [0.05, 0.1) is 22.9 Å². The second kappa shape index (κ2) is 40.7. The number of nitrogen functional groups attached to an aromatic ring is 1. The quantitative estimate of drug-likeness (QED) is 0.161. The standard InChI is InChI=1S/5C11H11N.C10H10N2.6C2H6/c1-8-3-4-10-7-12-6-5-11(10)9(8)2;1-8-3-4-10-5-6-12-7-11(10)9(8)2;1-8-5-6-11-10(9(8)2)4-3-7-12-11;1-8-9(2)12-7-10-5-3-4-6-11(8)10;1-8-7-12-11-6-4-3-5-10(11)9(8)2;1-7-3-2-4-8-5-12-6-9(11)10(7)8;6*1-2/h5*3-7H,1-2H3;2-6H,11H2,1H3;6*1-2H3. The van der Waals surface area contributed by atoms with Gasteiger partial charge in [0.1, 0.15) is 0 Å². The van der Waals surface area contributed by atoms with Gasteiger partial charge in [-0.05, 0) is 178 Å². The second-order valence-electron chi connectivity index (χ2n) is 18.3. The zero-order valence-electron chi connectivity index (χ0n) is 55.6. The third kappa shape index (κ3) is 21.1. The monoisotopic (exact) mass is 1120 g/mol. The van der Waals surface area contributed by atoms with Gasteiger partial charge in [0, 0.05) is 93.0 Å². The van der Waals surface area contributed by atoms with E-state index in [1.165, 1.54) is 98.7 Å². The molecular formula is C77H101N7. The van der Waals surface area contributed by atoms with Crippen LogP contribution in [0.25, 0.3) is 64.9 Å². The van der Waals surface area contributed by atoms with E-state index in [0.29, 0.717) is 0 Å². The lowest BCUT2D eigenvalue weighted by atomic mass is 10.0. The smallest absolute Gasteiger partial charge is 0.0704 e. The molecule has 0 saturated carbocycles. The molecule has 0 bridgehead atoms. The molecule has 6 aromatic carbocycles. The Labute approximate surface area is 507 Å². The van der Waals surface area contributed by atoms with Gasteiger partial charge in [0.25, 0.3) is 0 Å². The number of pyridine rings is 6. The van der Waals surface area contributed by atoms with Gasteiger partial charge in [-0.25, -0.2) is 0 Å². The van der Waals surface area contributed by atoms with Crippen LogP contribution in [0.4, 0.5) is 5.69 Å². The number of fused-ring (bicyclic) bond motifs is 6. The maximum Gasteiger partial charge on any atom is 0.0704 e. The fourth-order valence-corrected chi connectivity index (χ4v) is 8.50. The lowest BCUT2D eigenvalue weighted by molar-refractivity contribution is 1.18. The normalized spacial score (nSPS) is 9.42. The summed E-state index contributed by atoms with van der Waals surface area (Å²) in [5.41, 5.74) is 22.9. The zero-order valence-corrected chi connectivity index (χ0v) is 55.6. The summed E-state index contributed by atoms with van der Waals surface area (Å²) in [5, 5.41) is 12.3. The molecule has 0 saturated heterocycles. The Balaban J connectivity index is 0.000000486. The summed E-state index contributed by atoms with van der Waals surface area (Å²) in [6.07, 6.45) is 16.7. The molecule has 12 rings (SSSR count). The maximum absolute atomic E-state index is 5.79. The van der Waals surface area contributed by atoms with Gasteiger partial charge < -0.3 is 5.73 Å². The average molecular weight is 1120 g/mol. The largest absolute Gasteiger partial charge is 0.397 e. The molecular weight excluding hydrogens is 1020 g/mol. The molecule has 0 aliphatic rings. The van der Waals surface area contributed by atoms with Crippen molar-refractivity contribution in [2.75, 3.05) is 5.73 Å². The molecule has 0 aliphatic carbocycles. The van der Waals surface area contributed by atoms with E-state index in [4.69, 9.17) is 5.73 Å². The number of nitrogens with zero attached hydrogens (tertiary/aromatic N) is 6. The van der Waals surface area contributed by atoms with Crippen LogP contribution < -0.4 is 5.73 Å². The molecule has 0 amide bonds. The minimum atomic E-state index is 0.755. The first-order valence-corrected chi connectivity index (χ1v) is 30.3. The van der Waals surface area contributed by atoms with Crippen LogP contribution in [0, 0.1) is 76.2 Å². The Morgan fingerprint density at radius 3 is 1.37 bits per heavy atom. The van der Waals surface area contributed by atoms with Gasteiger partial charge in [-0.3, -0.25) is 29.9 Å². The number of benzene rings is 6. The summed E-state index contributed by atoms with van der Waals surface area (Å²) >= 11 is 0. The van der Waals surface area contributed by atoms with Crippen molar-refractivity contribution in [1.29, 1.82) is 0 Å². The highest BCUT2D eigenvalue weighted by atomic mass is 14.7. The van der Waals surface area contributed by atoms with Gasteiger partial charge in [-0.1, -0.05) is 180 Å². The van der Waals surface area contributed by atoms with Crippen LogP contribution >= 0.6 is 0 Å². The van der Waals surface area contributed by atoms with E-state index in [0.717, 1.165) is 33.2 Å². The summed E-state index contributed by atoms with van der Waals surface area (Å²) in [6, 6.07) is 43.6. The van der Waals surface area contributed by atoms with Crippen molar-refractivity contribution < 1.29 is 0 Å². The summed E-state index contributed by atoms with van der Waals surface area (Å²) in [6.45, 7) is 47.3. The molecule has 7 heteroatoms. The average Bonchev–Trinajstić information content (AvgIpc) is 3.77. The van der Waals surface area contributed by atoms with E-state index in [9.17, 15) is 0 Å². The van der Waals surface area contributed by atoms with E-state index in [-0.39, 0.29) is 0 Å². The molecule has 0 spiro atoms. The van der Waals surface area contributed by atoms with Crippen LogP contribution in [-0.4, -0.2) is 29.9 Å². The van der Waals surface area contributed by atoms with Crippen LogP contribution in [0.15, 0.2) is 183 Å². The molecule has 84 heavy (non-hydrogen) atoms. The first-order valence-electron chi connectivity index (χ1n) is 30.3. The van der Waals surface area contributed by atoms with Crippen molar-refractivity contribution in [2.45, 2.75) is 159 Å². The van der Waals surface area contributed by atoms with Crippen molar-refractivity contribution in [1.82, 2.24) is 29.9 Å². The van der Waals surface area contributed by atoms with E-state index >= 15 is 0 Å². The summed E-state index contributed by atoms with van der Waals surface area (Å²) in [7, 11) is 0. The van der Waals surface area contributed by atoms with Crippen molar-refractivity contribution in [3.05, 3.63) is 244 Å². The number of hydrogen-bond acceptors (Lipinski definition) is 7. The lowest BCUT2D eigenvalue weighted by Crippen LogP contribution is -1.90. The number of anilines is 1. The molecule has 0 aliphatic heterocycles. The molecule has 7 nitrogen and oxygen atoms in total. The number of aromatic nitrogens is 6. The summed E-state index contributed by atoms with van der Waals surface area (Å²) in [4.78, 5) is 25.2. The highest BCUT2D eigenvalue weighted by molar-refractivity contribution is 5.94. The Morgan fingerprint density at radius 1 is 0.262 bits per heavy atom. The third-order valence-corrected chi connectivity index (χ3v) is 13.7. The molecule has 6 heterocycles. The second-order valence-corrected chi connectivity index (χ2v) is 18.3. The molecule has 2 N–H and O–H groups in total. The van der Waals surface area contributed by atoms with Crippen molar-refractivity contribution in [2.24, 2.45) is 0 Å². The minimum absolute atomic E-state index is 0.755. The number of hydrogen-bond donors (Lipinski definition) is 1. The molecule has 444 valence electrons. The predicted molar refractivity (Wildman–Crippen MR) is 375 cm³/mol. The fraction of sp³-hybridized carbons (Fsp3) is 0.299. The first-order chi connectivity index (χ1) is 40.7. The van der Waals surface area contributed by atoms with Crippen molar-refractivity contribution >= 4 is 70.6 Å². The fourth-order valence-electron chi connectivity index (χ4n) is 8.50. The van der Waals surface area contributed by atoms with Crippen LogP contribution in [0.3, 0.4) is 0 Å². The van der Waals surface area contributed by atoms with Gasteiger partial charge in [-0.15, -0.1) is 0 Å². The summed E-state index contributed by atoms with van der Waals surface area (Å²) in [5.74, 6) is 0. The molecule has 12 aromatic rings. The number of para-hydroxylation sites is 1. The van der Waals surface area contributed by atoms with Gasteiger partial charge >= 0.3 is 0 Å². The third-order valence-electron chi connectivity index (χ3n) is 13.7. The molecule has 6 aromatic heterocycles. The van der Waals surface area contributed by atoms with Crippen molar-refractivity contribution in [3.63, 3.8) is 0 Å². The minimum Gasteiger partial charge on any atom is -0.397 e. The van der Waals surface area contributed by atoms with Crippen LogP contribution in [0.5, 0.6) is 0 Å². The molecule has 0 fully saturated rings.